The highest BCUT2D eigenvalue weighted by Gasteiger charge is 2.24. The van der Waals surface area contributed by atoms with Crippen molar-refractivity contribution in [1.82, 2.24) is 9.55 Å². The summed E-state index contributed by atoms with van der Waals surface area (Å²) in [5.74, 6) is 1.14. The van der Waals surface area contributed by atoms with E-state index in [0.717, 1.165) is 10.8 Å². The van der Waals surface area contributed by atoms with Crippen molar-refractivity contribution in [2.45, 2.75) is 32.0 Å². The minimum Gasteiger partial charge on any atom is -0.394 e. The minimum atomic E-state index is -1.19. The number of aliphatic imine (C=N–C) groups is 1. The molecule has 128 valence electrons. The summed E-state index contributed by atoms with van der Waals surface area (Å²) in [5.41, 5.74) is 0.137. The van der Waals surface area contributed by atoms with Crippen molar-refractivity contribution >= 4 is 28.7 Å². The first-order chi connectivity index (χ1) is 11.5. The minimum absolute atomic E-state index is 0.0350. The average molecular weight is 333 g/mol. The summed E-state index contributed by atoms with van der Waals surface area (Å²) in [7, 11) is 0. The molecule has 0 saturated carbocycles. The summed E-state index contributed by atoms with van der Waals surface area (Å²) in [6, 6.07) is 3.35. The van der Waals surface area contributed by atoms with E-state index in [4.69, 9.17) is 10.1 Å². The maximum absolute atomic E-state index is 9.83. The summed E-state index contributed by atoms with van der Waals surface area (Å²) < 4.78 is 7.25. The van der Waals surface area contributed by atoms with Gasteiger partial charge >= 0.3 is 0 Å². The molecule has 9 nitrogen and oxygen atoms in total. The smallest absolute Gasteiger partial charge is 0.147 e. The third kappa shape index (κ3) is 3.02. The Morgan fingerprint density at radius 1 is 1.38 bits per heavy atom. The Labute approximate surface area is 137 Å². The highest BCUT2D eigenvalue weighted by Crippen LogP contribution is 2.34. The predicted molar refractivity (Wildman–Crippen MR) is 87.0 cm³/mol. The molecule has 9 heteroatoms. The SMILES string of the molecule is C[C@H](O)[C@H](O)[C@@H](CO)OCn1cc2ccc(=N)nc3c2c1N=CN3. The second-order valence-corrected chi connectivity index (χ2v) is 5.58. The summed E-state index contributed by atoms with van der Waals surface area (Å²) in [6.45, 7) is 1.04. The molecule has 0 radical (unpaired) electrons. The molecule has 3 atom stereocenters. The van der Waals surface area contributed by atoms with Gasteiger partial charge in [0.25, 0.3) is 0 Å². The van der Waals surface area contributed by atoms with Crippen LogP contribution in [0.2, 0.25) is 0 Å². The summed E-state index contributed by atoms with van der Waals surface area (Å²) in [5, 5.41) is 40.8. The molecule has 0 unspecified atom stereocenters. The number of nitrogens with zero attached hydrogens (tertiary/aromatic N) is 3. The fourth-order valence-corrected chi connectivity index (χ4v) is 2.56. The van der Waals surface area contributed by atoms with Gasteiger partial charge < -0.3 is 29.9 Å². The quantitative estimate of drug-likeness (QED) is 0.491. The van der Waals surface area contributed by atoms with Crippen molar-refractivity contribution in [3.05, 3.63) is 23.8 Å². The molecule has 0 saturated heterocycles. The molecule has 24 heavy (non-hydrogen) atoms. The van der Waals surface area contributed by atoms with E-state index in [1.807, 2.05) is 0 Å². The first-order valence-electron chi connectivity index (χ1n) is 7.47. The van der Waals surface area contributed by atoms with Gasteiger partial charge in [-0.3, -0.25) is 5.41 Å². The van der Waals surface area contributed by atoms with E-state index in [-0.39, 0.29) is 12.2 Å². The number of nitrogens with one attached hydrogen (secondary N) is 2. The van der Waals surface area contributed by atoms with Crippen LogP contribution in [-0.4, -0.2) is 56.1 Å². The molecule has 2 aromatic rings. The van der Waals surface area contributed by atoms with Gasteiger partial charge in [-0.2, -0.15) is 0 Å². The van der Waals surface area contributed by atoms with Crippen LogP contribution in [0.3, 0.4) is 0 Å². The number of hydrogen-bond donors (Lipinski definition) is 5. The van der Waals surface area contributed by atoms with E-state index < -0.39 is 24.9 Å². The molecule has 0 amide bonds. The zero-order valence-electron chi connectivity index (χ0n) is 13.0. The molecule has 0 spiro atoms. The van der Waals surface area contributed by atoms with Crippen LogP contribution in [0.25, 0.3) is 10.8 Å². The Bertz CT molecular complexity index is 832. The normalized spacial score (nSPS) is 16.7. The van der Waals surface area contributed by atoms with Crippen LogP contribution in [0.15, 0.2) is 23.3 Å². The maximum Gasteiger partial charge on any atom is 0.147 e. The Morgan fingerprint density at radius 3 is 2.88 bits per heavy atom. The van der Waals surface area contributed by atoms with Gasteiger partial charge in [0.2, 0.25) is 0 Å². The van der Waals surface area contributed by atoms with Crippen molar-refractivity contribution in [2.24, 2.45) is 4.99 Å². The standard InChI is InChI=1S/C15H19N5O4/c1-8(22)13(23)10(5-21)24-7-20-4-9-2-3-11(16)19-14-12(9)15(20)18-6-17-14/h2-4,6,8,10,13,21-23H,5,7H2,1H3,(H2,16,17,18,19)/t8-,10+,13-/m0/s1. The largest absolute Gasteiger partial charge is 0.394 e. The van der Waals surface area contributed by atoms with E-state index >= 15 is 0 Å². The molecule has 0 bridgehead atoms. The Hall–Kier alpha value is -2.33. The van der Waals surface area contributed by atoms with Gasteiger partial charge in [0.15, 0.2) is 0 Å². The first kappa shape index (κ1) is 16.5. The van der Waals surface area contributed by atoms with Crippen molar-refractivity contribution in [3.8, 4) is 0 Å². The van der Waals surface area contributed by atoms with Crippen LogP contribution >= 0.6 is 0 Å². The van der Waals surface area contributed by atoms with Gasteiger partial charge in [-0.15, -0.1) is 0 Å². The van der Waals surface area contributed by atoms with Gasteiger partial charge in [0, 0.05) is 11.6 Å². The van der Waals surface area contributed by atoms with Crippen LogP contribution in [0.1, 0.15) is 6.92 Å². The summed E-state index contributed by atoms with van der Waals surface area (Å²) in [4.78, 5) is 8.45. The number of hydrogen-bond acceptors (Lipinski definition) is 8. The van der Waals surface area contributed by atoms with Gasteiger partial charge in [0.05, 0.1) is 24.4 Å². The van der Waals surface area contributed by atoms with E-state index in [0.29, 0.717) is 11.6 Å². The van der Waals surface area contributed by atoms with Gasteiger partial charge in [-0.25, -0.2) is 9.98 Å². The number of aliphatic hydroxyl groups excluding tert-OH is 3. The van der Waals surface area contributed by atoms with E-state index in [1.54, 1.807) is 22.9 Å². The highest BCUT2D eigenvalue weighted by atomic mass is 16.5. The number of ether oxygens (including phenoxy) is 1. The van der Waals surface area contributed by atoms with E-state index in [1.165, 1.54) is 13.3 Å². The predicted octanol–water partition coefficient (Wildman–Crippen LogP) is -0.322. The van der Waals surface area contributed by atoms with Gasteiger partial charge in [-0.1, -0.05) is 0 Å². The molecule has 3 heterocycles. The fraction of sp³-hybridized carbons (Fsp3) is 0.400. The van der Waals surface area contributed by atoms with Crippen molar-refractivity contribution in [1.29, 1.82) is 5.41 Å². The maximum atomic E-state index is 9.83. The molecule has 5 N–H and O–H groups in total. The highest BCUT2D eigenvalue weighted by molar-refractivity contribution is 6.06. The number of rotatable bonds is 6. The lowest BCUT2D eigenvalue weighted by Gasteiger charge is -2.24. The third-order valence-corrected chi connectivity index (χ3v) is 3.84. The van der Waals surface area contributed by atoms with Gasteiger partial charge in [-0.05, 0) is 19.1 Å². The second-order valence-electron chi connectivity index (χ2n) is 5.58. The van der Waals surface area contributed by atoms with Crippen LogP contribution in [-0.2, 0) is 11.5 Å². The molecule has 3 rings (SSSR count). The summed E-state index contributed by atoms with van der Waals surface area (Å²) in [6.07, 6.45) is 0.151. The monoisotopic (exact) mass is 333 g/mol. The lowest BCUT2D eigenvalue weighted by atomic mass is 10.1. The van der Waals surface area contributed by atoms with Crippen LogP contribution in [0.5, 0.6) is 0 Å². The second kappa shape index (κ2) is 6.65. The Kier molecular flexibility index (Phi) is 4.58. The van der Waals surface area contributed by atoms with Gasteiger partial charge in [0.1, 0.15) is 36.1 Å². The number of aliphatic hydroxyl groups is 3. The molecule has 0 fully saturated rings. The molecule has 2 aromatic heterocycles. The Morgan fingerprint density at radius 2 is 2.17 bits per heavy atom. The van der Waals surface area contributed by atoms with Crippen molar-refractivity contribution in [2.75, 3.05) is 11.9 Å². The number of aromatic nitrogens is 2. The lowest BCUT2D eigenvalue weighted by molar-refractivity contribution is -0.119. The number of anilines is 1. The zero-order valence-corrected chi connectivity index (χ0v) is 13.0. The molecular weight excluding hydrogens is 314 g/mol. The molecule has 1 aliphatic heterocycles. The average Bonchev–Trinajstić information content (AvgIpc) is 2.83. The fourth-order valence-electron chi connectivity index (χ4n) is 2.56. The zero-order chi connectivity index (χ0) is 17.3. The van der Waals surface area contributed by atoms with E-state index in [9.17, 15) is 15.3 Å². The lowest BCUT2D eigenvalue weighted by Crippen LogP contribution is -2.40. The molecule has 0 aliphatic carbocycles. The van der Waals surface area contributed by atoms with Crippen molar-refractivity contribution in [3.63, 3.8) is 0 Å². The van der Waals surface area contributed by atoms with Crippen LogP contribution < -0.4 is 10.8 Å². The third-order valence-electron chi connectivity index (χ3n) is 3.84. The first-order valence-corrected chi connectivity index (χ1v) is 7.47. The van der Waals surface area contributed by atoms with Crippen molar-refractivity contribution < 1.29 is 20.1 Å². The molecule has 1 aliphatic rings. The van der Waals surface area contributed by atoms with Crippen LogP contribution in [0, 0.1) is 5.41 Å². The molecule has 0 aromatic carbocycles. The molecular formula is C15H19N5O4. The van der Waals surface area contributed by atoms with Crippen LogP contribution in [0.4, 0.5) is 11.6 Å². The van der Waals surface area contributed by atoms with E-state index in [2.05, 4.69) is 15.3 Å². The summed E-state index contributed by atoms with van der Waals surface area (Å²) >= 11 is 0. The Balaban J connectivity index is 1.92. The topological polar surface area (TPSA) is 136 Å².